The number of rotatable bonds is 2. The van der Waals surface area contributed by atoms with Gasteiger partial charge in [-0.05, 0) is 12.1 Å². The van der Waals surface area contributed by atoms with Crippen LogP contribution in [0.15, 0.2) is 18.2 Å². The minimum absolute atomic E-state index is 0.562. The third kappa shape index (κ3) is 3.18. The second-order valence-electron chi connectivity index (χ2n) is 2.00. The van der Waals surface area contributed by atoms with Crippen molar-refractivity contribution in [3.63, 3.8) is 0 Å². The van der Waals surface area contributed by atoms with Crippen LogP contribution in [0.2, 0.25) is 5.02 Å². The van der Waals surface area contributed by atoms with Gasteiger partial charge < -0.3 is 9.47 Å². The summed E-state index contributed by atoms with van der Waals surface area (Å²) in [5.41, 5.74) is 0. The molecular weight excluding hydrogens is 192 g/mol. The first-order valence-electron chi connectivity index (χ1n) is 3.35. The summed E-state index contributed by atoms with van der Waals surface area (Å²) in [6.07, 6.45) is 0. The van der Waals surface area contributed by atoms with Crippen LogP contribution >= 0.6 is 11.6 Å². The van der Waals surface area contributed by atoms with Crippen LogP contribution in [0.5, 0.6) is 11.5 Å². The van der Waals surface area contributed by atoms with Crippen molar-refractivity contribution in [2.45, 2.75) is 0 Å². The summed E-state index contributed by atoms with van der Waals surface area (Å²) in [6, 6.07) is 5.27. The zero-order valence-corrected chi connectivity index (χ0v) is 8.08. The molecule has 0 heterocycles. The summed E-state index contributed by atoms with van der Waals surface area (Å²) >= 11 is 5.80. The Bertz CT molecular complexity index is 289. The van der Waals surface area contributed by atoms with E-state index in [2.05, 4.69) is 0 Å². The Balaban J connectivity index is 0.000000671. The highest BCUT2D eigenvalue weighted by atomic mass is 35.5. The second kappa shape index (κ2) is 6.09. The predicted octanol–water partition coefficient (Wildman–Crippen LogP) is 2.39. The van der Waals surface area contributed by atoms with E-state index in [1.54, 1.807) is 32.4 Å². The fraction of sp³-hybridized carbons (Fsp3) is 0.250. The van der Waals surface area contributed by atoms with Gasteiger partial charge in [0.05, 0.1) is 19.2 Å². The van der Waals surface area contributed by atoms with Gasteiger partial charge in [0, 0.05) is 16.9 Å². The van der Waals surface area contributed by atoms with Crippen molar-refractivity contribution < 1.29 is 9.47 Å². The van der Waals surface area contributed by atoms with Gasteiger partial charge in [0.2, 0.25) is 0 Å². The molecule has 0 aliphatic rings. The van der Waals surface area contributed by atoms with Crippen LogP contribution in [0.25, 0.3) is 0 Å². The molecule has 0 aromatic heterocycles. The van der Waals surface area contributed by atoms with Gasteiger partial charge in [-0.1, -0.05) is 11.6 Å². The lowest BCUT2D eigenvalue weighted by molar-refractivity contribution is 0.403. The fourth-order valence-corrected chi connectivity index (χ4v) is 1.02. The number of hydrogen-bond donors (Lipinski definition) is 0. The summed E-state index contributed by atoms with van der Waals surface area (Å²) < 4.78 is 9.91. The van der Waals surface area contributed by atoms with Crippen LogP contribution < -0.4 is 9.47 Å². The predicted molar refractivity (Wildman–Crippen MR) is 48.0 cm³/mol. The molecule has 0 saturated heterocycles. The van der Waals surface area contributed by atoms with E-state index in [0.29, 0.717) is 10.8 Å². The van der Waals surface area contributed by atoms with Gasteiger partial charge in [-0.25, -0.2) is 0 Å². The van der Waals surface area contributed by atoms with Crippen LogP contribution in [0, 0.1) is 10.8 Å². The van der Waals surface area contributed by atoms with E-state index in [1.165, 1.54) is 0 Å². The Hall–Kier alpha value is -1.47. The zero-order chi connectivity index (χ0) is 10.3. The van der Waals surface area contributed by atoms with E-state index in [4.69, 9.17) is 31.9 Å². The van der Waals surface area contributed by atoms with Crippen molar-refractivity contribution >= 4 is 11.6 Å². The van der Waals surface area contributed by atoms with Crippen LogP contribution in [0.1, 0.15) is 0 Å². The average molecular weight is 201 g/mol. The number of nitrogens with zero attached hydrogens (tertiary/aromatic N) is 2. The van der Waals surface area contributed by atoms with Crippen molar-refractivity contribution in [1.29, 1.82) is 10.8 Å². The zero-order valence-electron chi connectivity index (χ0n) is 7.32. The van der Waals surface area contributed by atoms with Crippen molar-refractivity contribution in [1.82, 2.24) is 0 Å². The maximum Gasteiger partial charge on any atom is 0.137 e. The molecule has 1 rings (SSSR count). The number of hydrogen-bond acceptors (Lipinski definition) is 4. The molecule has 0 radical (unpaired) electrons. The summed E-state index contributed by atoms with van der Waals surface area (Å²) in [5, 5.41) is 12.6. The lowest BCUT2D eigenvalue weighted by Gasteiger charge is -2.04. The molecule has 0 spiro atoms. The maximum absolute atomic E-state index is 6.00. The molecule has 0 N–H and O–H groups in total. The minimum Gasteiger partial charge on any atom is -0.497 e. The third-order valence-corrected chi connectivity index (χ3v) is 1.65. The molecule has 5 heteroatoms. The monoisotopic (exact) mass is 200 g/mol. The van der Waals surface area contributed by atoms with Crippen LogP contribution in [-0.2, 0) is 0 Å². The van der Waals surface area contributed by atoms with E-state index < -0.39 is 0 Å². The Labute approximate surface area is 81.4 Å². The average Bonchev–Trinajstić information content (AvgIpc) is 2.20. The largest absolute Gasteiger partial charge is 0.497 e. The highest BCUT2D eigenvalue weighted by Crippen LogP contribution is 2.27. The van der Waals surface area contributed by atoms with Crippen molar-refractivity contribution in [3.8, 4) is 11.5 Å². The molecule has 0 unspecified atom stereocenters. The standard InChI is InChI=1S/C8H9ClO2.N2/c1-10-6-3-4-8(11-2)7(9)5-6;1-2/h3-5H,1-2H3;. The van der Waals surface area contributed by atoms with Crippen molar-refractivity contribution in [3.05, 3.63) is 23.2 Å². The topological polar surface area (TPSA) is 66.0 Å². The van der Waals surface area contributed by atoms with Crippen molar-refractivity contribution in [2.75, 3.05) is 14.2 Å². The molecule has 0 aliphatic heterocycles. The Kier molecular flexibility index (Phi) is 5.40. The molecule has 0 amide bonds. The first-order chi connectivity index (χ1) is 6.27. The summed E-state index contributed by atoms with van der Waals surface area (Å²) in [6.45, 7) is 0. The SMILES string of the molecule is COc1ccc(OC)c(Cl)c1.N#N. The van der Waals surface area contributed by atoms with Gasteiger partial charge >= 0.3 is 0 Å². The molecular formula is C8H9ClN2O2. The highest BCUT2D eigenvalue weighted by Gasteiger charge is 2.00. The van der Waals surface area contributed by atoms with Gasteiger partial charge in [0.1, 0.15) is 11.5 Å². The molecule has 0 aliphatic carbocycles. The number of ether oxygens (including phenoxy) is 2. The molecule has 13 heavy (non-hydrogen) atoms. The molecule has 0 fully saturated rings. The summed E-state index contributed by atoms with van der Waals surface area (Å²) in [7, 11) is 3.17. The second-order valence-corrected chi connectivity index (χ2v) is 2.41. The molecule has 1 aromatic carbocycles. The highest BCUT2D eigenvalue weighted by molar-refractivity contribution is 6.32. The minimum atomic E-state index is 0.562. The first kappa shape index (κ1) is 11.5. The van der Waals surface area contributed by atoms with Gasteiger partial charge in [0.15, 0.2) is 0 Å². The number of halogens is 1. The van der Waals surface area contributed by atoms with Gasteiger partial charge in [-0.3, -0.25) is 0 Å². The van der Waals surface area contributed by atoms with E-state index in [-0.39, 0.29) is 0 Å². The van der Waals surface area contributed by atoms with Crippen molar-refractivity contribution in [2.24, 2.45) is 0 Å². The molecule has 0 saturated carbocycles. The lowest BCUT2D eigenvalue weighted by Crippen LogP contribution is -1.86. The van der Waals surface area contributed by atoms with E-state index in [0.717, 1.165) is 5.75 Å². The quantitative estimate of drug-likeness (QED) is 0.688. The normalized spacial score (nSPS) is 8.08. The molecule has 0 atom stereocenters. The Morgan fingerprint density at radius 3 is 2.15 bits per heavy atom. The number of methoxy groups -OCH3 is 2. The van der Waals surface area contributed by atoms with E-state index in [9.17, 15) is 0 Å². The van der Waals surface area contributed by atoms with Gasteiger partial charge in [0.25, 0.3) is 0 Å². The first-order valence-corrected chi connectivity index (χ1v) is 3.73. The number of benzene rings is 1. The molecule has 0 bridgehead atoms. The van der Waals surface area contributed by atoms with E-state index >= 15 is 0 Å². The molecule has 4 nitrogen and oxygen atoms in total. The van der Waals surface area contributed by atoms with E-state index in [1.807, 2.05) is 0 Å². The van der Waals surface area contributed by atoms with Crippen LogP contribution in [0.4, 0.5) is 0 Å². The Morgan fingerprint density at radius 1 is 1.15 bits per heavy atom. The fourth-order valence-electron chi connectivity index (χ4n) is 0.774. The third-order valence-electron chi connectivity index (χ3n) is 1.36. The van der Waals surface area contributed by atoms with Gasteiger partial charge in [-0.15, -0.1) is 0 Å². The van der Waals surface area contributed by atoms with Crippen LogP contribution in [0.3, 0.4) is 0 Å². The van der Waals surface area contributed by atoms with Crippen LogP contribution in [-0.4, -0.2) is 14.2 Å². The summed E-state index contributed by atoms with van der Waals surface area (Å²) in [4.78, 5) is 0. The molecule has 70 valence electrons. The molecule has 1 aromatic rings. The maximum atomic E-state index is 6.00. The summed E-state index contributed by atoms with van der Waals surface area (Å²) in [5.74, 6) is 1.39. The smallest absolute Gasteiger partial charge is 0.137 e. The Morgan fingerprint density at radius 2 is 1.77 bits per heavy atom. The van der Waals surface area contributed by atoms with Gasteiger partial charge in [-0.2, -0.15) is 0 Å². The lowest BCUT2D eigenvalue weighted by atomic mass is 10.3.